The minimum Gasteiger partial charge on any atom is -0.437 e. The molecule has 0 saturated carbocycles. The minimum atomic E-state index is -2.97. The van der Waals surface area contributed by atoms with E-state index in [0.717, 1.165) is 0 Å². The van der Waals surface area contributed by atoms with Crippen LogP contribution in [-0.2, 0) is 34.8 Å². The van der Waals surface area contributed by atoms with Gasteiger partial charge in [-0.1, -0.05) is 13.8 Å². The molecule has 0 rings (SSSR count). The molecule has 2 atom stereocenters. The highest BCUT2D eigenvalue weighted by Crippen LogP contribution is 2.39. The molecule has 0 aliphatic heterocycles. The summed E-state index contributed by atoms with van der Waals surface area (Å²) in [6, 6.07) is 0. The van der Waals surface area contributed by atoms with Crippen LogP contribution in [0.4, 0.5) is 0 Å². The second-order valence-electron chi connectivity index (χ2n) is 7.99. The van der Waals surface area contributed by atoms with Gasteiger partial charge in [-0.3, -0.25) is 0 Å². The summed E-state index contributed by atoms with van der Waals surface area (Å²) >= 11 is 0. The third-order valence-corrected chi connectivity index (χ3v) is 22.9. The SMILES string of the molecule is CO[Si](OC)(OC)C(C)[Si](O[Si](C)(C)O[Si](C)(C)C)C(C)[Si](OC)(OC)OC. The predicted molar refractivity (Wildman–Crippen MR) is 121 cm³/mol. The molecule has 0 amide bonds. The molecule has 0 bridgehead atoms. The number of hydrogen-bond donors (Lipinski definition) is 0. The van der Waals surface area contributed by atoms with Crippen LogP contribution >= 0.6 is 0 Å². The van der Waals surface area contributed by atoms with Crippen molar-refractivity contribution in [1.82, 2.24) is 0 Å². The van der Waals surface area contributed by atoms with Crippen LogP contribution in [0.3, 0.4) is 0 Å². The van der Waals surface area contributed by atoms with Gasteiger partial charge in [0.2, 0.25) is 9.04 Å². The molecule has 0 saturated heterocycles. The van der Waals surface area contributed by atoms with Crippen molar-refractivity contribution >= 4 is 43.5 Å². The molecule has 8 nitrogen and oxygen atoms in total. The summed E-state index contributed by atoms with van der Waals surface area (Å²) in [7, 11) is -2.13. The van der Waals surface area contributed by atoms with Crippen molar-refractivity contribution in [3.63, 3.8) is 0 Å². The van der Waals surface area contributed by atoms with Gasteiger partial charge < -0.3 is 34.8 Å². The van der Waals surface area contributed by atoms with Crippen molar-refractivity contribution < 1.29 is 34.8 Å². The molecule has 0 aliphatic rings. The van der Waals surface area contributed by atoms with Crippen molar-refractivity contribution in [3.8, 4) is 0 Å². The third-order valence-electron chi connectivity index (χ3n) is 4.54. The standard InChI is InChI=1S/C15H41O8Si5/c1-14(27(16-3,17-4)18-5)24(15(2)28(19-6,20-7)21-8)22-26(12,13)23-25(9,10)11/h14-15H,1-13H3. The van der Waals surface area contributed by atoms with Crippen LogP contribution in [-0.4, -0.2) is 86.2 Å². The lowest BCUT2D eigenvalue weighted by Gasteiger charge is -2.43. The Kier molecular flexibility index (Phi) is 11.7. The Morgan fingerprint density at radius 1 is 0.571 bits per heavy atom. The maximum Gasteiger partial charge on any atom is 0.502 e. The molecule has 169 valence electrons. The zero-order valence-electron chi connectivity index (χ0n) is 19.9. The van der Waals surface area contributed by atoms with Gasteiger partial charge in [0, 0.05) is 53.0 Å². The van der Waals surface area contributed by atoms with Crippen LogP contribution in [0, 0.1) is 0 Å². The van der Waals surface area contributed by atoms with Gasteiger partial charge in [0.25, 0.3) is 0 Å². The smallest absolute Gasteiger partial charge is 0.437 e. The van der Waals surface area contributed by atoms with E-state index in [-0.39, 0.29) is 10.3 Å². The highest BCUT2D eigenvalue weighted by Gasteiger charge is 2.60. The van der Waals surface area contributed by atoms with Crippen molar-refractivity contribution in [2.24, 2.45) is 0 Å². The molecule has 0 aromatic carbocycles. The van der Waals surface area contributed by atoms with Crippen molar-refractivity contribution in [2.45, 2.75) is 56.9 Å². The first-order valence-electron chi connectivity index (χ1n) is 9.30. The van der Waals surface area contributed by atoms with Gasteiger partial charge in [-0.25, -0.2) is 0 Å². The van der Waals surface area contributed by atoms with E-state index in [1.165, 1.54) is 0 Å². The van der Waals surface area contributed by atoms with E-state index in [1.54, 1.807) is 42.7 Å². The summed E-state index contributed by atoms with van der Waals surface area (Å²) in [6.45, 7) is 14.8. The monoisotopic (exact) mass is 489 g/mol. The zero-order chi connectivity index (χ0) is 22.4. The summed E-state index contributed by atoms with van der Waals surface area (Å²) in [5, 5.41) is -0.200. The second kappa shape index (κ2) is 11.4. The van der Waals surface area contributed by atoms with Gasteiger partial charge in [0.1, 0.15) is 0 Å². The summed E-state index contributed by atoms with van der Waals surface area (Å²) in [5.74, 6) is 0. The molecule has 0 aromatic rings. The van der Waals surface area contributed by atoms with E-state index in [2.05, 4.69) is 46.6 Å². The van der Waals surface area contributed by atoms with E-state index in [4.69, 9.17) is 34.8 Å². The first kappa shape index (κ1) is 28.8. The van der Waals surface area contributed by atoms with Crippen LogP contribution < -0.4 is 0 Å². The third kappa shape index (κ3) is 7.17. The fraction of sp³-hybridized carbons (Fsp3) is 1.00. The van der Waals surface area contributed by atoms with Gasteiger partial charge in [-0.15, -0.1) is 0 Å². The maximum atomic E-state index is 6.80. The average Bonchev–Trinajstić information content (AvgIpc) is 2.61. The highest BCUT2D eigenvalue weighted by atomic mass is 28.5. The quantitative estimate of drug-likeness (QED) is 0.345. The van der Waals surface area contributed by atoms with E-state index in [0.29, 0.717) is 0 Å². The summed E-state index contributed by atoms with van der Waals surface area (Å²) in [4.78, 5) is 0. The van der Waals surface area contributed by atoms with Crippen LogP contribution in [0.1, 0.15) is 13.8 Å². The number of rotatable bonds is 14. The fourth-order valence-electron chi connectivity index (χ4n) is 3.50. The zero-order valence-corrected chi connectivity index (χ0v) is 24.9. The summed E-state index contributed by atoms with van der Waals surface area (Å²) in [5.41, 5.74) is 0. The fourth-order valence-corrected chi connectivity index (χ4v) is 25.5. The largest absolute Gasteiger partial charge is 0.502 e. The van der Waals surface area contributed by atoms with E-state index >= 15 is 0 Å². The minimum absolute atomic E-state index is 0.100. The van der Waals surface area contributed by atoms with Crippen molar-refractivity contribution in [1.29, 1.82) is 0 Å². The van der Waals surface area contributed by atoms with Crippen LogP contribution in [0.25, 0.3) is 0 Å². The normalized spacial score (nSPS) is 16.5. The molecular formula is C15H41O8Si5. The summed E-state index contributed by atoms with van der Waals surface area (Å²) in [6.07, 6.45) is 0. The summed E-state index contributed by atoms with van der Waals surface area (Å²) < 4.78 is 47.9. The predicted octanol–water partition coefficient (Wildman–Crippen LogP) is 3.16. The molecule has 1 radical (unpaired) electrons. The van der Waals surface area contributed by atoms with E-state index < -0.39 is 43.5 Å². The Bertz CT molecular complexity index is 412. The Morgan fingerprint density at radius 3 is 1.07 bits per heavy atom. The Morgan fingerprint density at radius 2 is 0.857 bits per heavy atom. The number of hydrogen-bond acceptors (Lipinski definition) is 8. The first-order chi connectivity index (χ1) is 12.7. The van der Waals surface area contributed by atoms with Crippen molar-refractivity contribution in [3.05, 3.63) is 0 Å². The molecular weight excluding hydrogens is 449 g/mol. The Hall–Kier alpha value is 0.764. The van der Waals surface area contributed by atoms with Crippen molar-refractivity contribution in [2.75, 3.05) is 42.7 Å². The average molecular weight is 490 g/mol. The van der Waals surface area contributed by atoms with Crippen LogP contribution in [0.2, 0.25) is 43.1 Å². The van der Waals surface area contributed by atoms with E-state index in [9.17, 15) is 0 Å². The molecule has 0 heterocycles. The molecule has 0 N–H and O–H groups in total. The molecule has 28 heavy (non-hydrogen) atoms. The van der Waals surface area contributed by atoms with Crippen LogP contribution in [0.15, 0.2) is 0 Å². The lowest BCUT2D eigenvalue weighted by Crippen LogP contribution is -2.62. The molecule has 0 aliphatic carbocycles. The Balaban J connectivity index is 6.17. The van der Waals surface area contributed by atoms with Crippen LogP contribution in [0.5, 0.6) is 0 Å². The highest BCUT2D eigenvalue weighted by molar-refractivity contribution is 6.92. The molecule has 13 heteroatoms. The second-order valence-corrected chi connectivity index (χ2v) is 26.9. The lowest BCUT2D eigenvalue weighted by molar-refractivity contribution is 0.114. The maximum absolute atomic E-state index is 6.80. The lowest BCUT2D eigenvalue weighted by atomic mass is 10.9. The van der Waals surface area contributed by atoms with Gasteiger partial charge in [0.15, 0.2) is 8.32 Å². The first-order valence-corrected chi connectivity index (χ1v) is 20.7. The van der Waals surface area contributed by atoms with Gasteiger partial charge in [0.05, 0.1) is 0 Å². The Labute approximate surface area is 177 Å². The van der Waals surface area contributed by atoms with Gasteiger partial charge in [-0.05, 0) is 32.7 Å². The molecule has 0 fully saturated rings. The molecule has 0 aromatic heterocycles. The molecule has 2 unspecified atom stereocenters. The molecule has 0 spiro atoms. The van der Waals surface area contributed by atoms with Gasteiger partial charge >= 0.3 is 26.2 Å². The van der Waals surface area contributed by atoms with Gasteiger partial charge in [-0.2, -0.15) is 0 Å². The topological polar surface area (TPSA) is 73.8 Å². The van der Waals surface area contributed by atoms with E-state index in [1.807, 2.05) is 0 Å².